The molecule has 1 amide bonds. The first kappa shape index (κ1) is 15.1. The van der Waals surface area contributed by atoms with E-state index in [0.29, 0.717) is 0 Å². The van der Waals surface area contributed by atoms with Crippen LogP contribution in [-0.4, -0.2) is 34.1 Å². The van der Waals surface area contributed by atoms with E-state index in [1.54, 1.807) is 0 Å². The largest absolute Gasteiger partial charge is 0.481 e. The predicted molar refractivity (Wildman–Crippen MR) is 65.2 cm³/mol. The number of carbonyl (C=O) groups excluding carboxylic acids is 1. The molecule has 1 aromatic carbocycles. The van der Waals surface area contributed by atoms with Crippen molar-refractivity contribution in [1.29, 1.82) is 0 Å². The number of carbonyl (C=O) groups is 3. The molecule has 0 aromatic heterocycles. The van der Waals surface area contributed by atoms with Gasteiger partial charge in [-0.15, -0.1) is 0 Å². The standard InChI is InChI=1S/C11H9BrFNO5/c12-6-3-5(1-2-7(6)13)10(17)14-8(11(18)19)4-9(15)16/h1-3,8H,4H2,(H,14,17)(H,15,16)(H,18,19)/t8-/m0/s1. The molecule has 1 atom stereocenters. The summed E-state index contributed by atoms with van der Waals surface area (Å²) in [5, 5.41) is 19.3. The molecule has 3 N–H and O–H groups in total. The second-order valence-corrected chi connectivity index (χ2v) is 4.45. The summed E-state index contributed by atoms with van der Waals surface area (Å²) in [6, 6.07) is 1.82. The minimum absolute atomic E-state index is 0.0184. The van der Waals surface area contributed by atoms with Gasteiger partial charge in [0.25, 0.3) is 5.91 Å². The molecular formula is C11H9BrFNO5. The van der Waals surface area contributed by atoms with Crippen LogP contribution in [0.4, 0.5) is 4.39 Å². The molecule has 8 heteroatoms. The van der Waals surface area contributed by atoms with Crippen molar-refractivity contribution in [2.24, 2.45) is 0 Å². The molecule has 0 aliphatic rings. The van der Waals surface area contributed by atoms with Crippen LogP contribution in [0.5, 0.6) is 0 Å². The van der Waals surface area contributed by atoms with Crippen LogP contribution in [0.25, 0.3) is 0 Å². The van der Waals surface area contributed by atoms with E-state index in [4.69, 9.17) is 10.2 Å². The quantitative estimate of drug-likeness (QED) is 0.752. The number of rotatable bonds is 5. The average Bonchev–Trinajstić information content (AvgIpc) is 2.31. The molecule has 0 bridgehead atoms. The third-order valence-corrected chi connectivity index (χ3v) is 2.77. The van der Waals surface area contributed by atoms with E-state index in [-0.39, 0.29) is 10.0 Å². The fourth-order valence-corrected chi connectivity index (χ4v) is 1.63. The lowest BCUT2D eigenvalue weighted by Crippen LogP contribution is -2.42. The smallest absolute Gasteiger partial charge is 0.326 e. The number of aliphatic carboxylic acids is 2. The zero-order valence-electron chi connectivity index (χ0n) is 9.39. The van der Waals surface area contributed by atoms with Gasteiger partial charge < -0.3 is 15.5 Å². The molecule has 1 rings (SSSR count). The van der Waals surface area contributed by atoms with Crippen LogP contribution < -0.4 is 5.32 Å². The Morgan fingerprint density at radius 3 is 2.42 bits per heavy atom. The van der Waals surface area contributed by atoms with Crippen LogP contribution >= 0.6 is 15.9 Å². The van der Waals surface area contributed by atoms with Gasteiger partial charge in [-0.2, -0.15) is 0 Å². The Kier molecular flexibility index (Phi) is 4.99. The van der Waals surface area contributed by atoms with Gasteiger partial charge in [-0.3, -0.25) is 9.59 Å². The Bertz CT molecular complexity index is 534. The van der Waals surface area contributed by atoms with Crippen molar-refractivity contribution in [1.82, 2.24) is 5.32 Å². The van der Waals surface area contributed by atoms with Crippen LogP contribution in [0.3, 0.4) is 0 Å². The monoisotopic (exact) mass is 333 g/mol. The zero-order chi connectivity index (χ0) is 14.6. The lowest BCUT2D eigenvalue weighted by molar-refractivity contribution is -0.145. The van der Waals surface area contributed by atoms with Crippen molar-refractivity contribution < 1.29 is 29.0 Å². The molecule has 6 nitrogen and oxygen atoms in total. The van der Waals surface area contributed by atoms with Crippen LogP contribution in [0.2, 0.25) is 0 Å². The Balaban J connectivity index is 2.84. The second kappa shape index (κ2) is 6.28. The zero-order valence-corrected chi connectivity index (χ0v) is 11.0. The van der Waals surface area contributed by atoms with Crippen LogP contribution in [-0.2, 0) is 9.59 Å². The van der Waals surface area contributed by atoms with Crippen molar-refractivity contribution in [2.45, 2.75) is 12.5 Å². The summed E-state index contributed by atoms with van der Waals surface area (Å²) >= 11 is 2.88. The number of hydrogen-bond donors (Lipinski definition) is 3. The van der Waals surface area contributed by atoms with E-state index in [0.717, 1.165) is 12.1 Å². The van der Waals surface area contributed by atoms with Crippen molar-refractivity contribution in [3.8, 4) is 0 Å². The van der Waals surface area contributed by atoms with E-state index < -0.39 is 36.1 Å². The number of amides is 1. The van der Waals surface area contributed by atoms with Gasteiger partial charge in [-0.25, -0.2) is 9.18 Å². The van der Waals surface area contributed by atoms with Gasteiger partial charge in [0.05, 0.1) is 10.9 Å². The fraction of sp³-hybridized carbons (Fsp3) is 0.182. The maximum absolute atomic E-state index is 13.0. The van der Waals surface area contributed by atoms with Crippen molar-refractivity contribution >= 4 is 33.8 Å². The molecule has 102 valence electrons. The van der Waals surface area contributed by atoms with E-state index >= 15 is 0 Å². The third kappa shape index (κ3) is 4.32. The second-order valence-electron chi connectivity index (χ2n) is 3.59. The summed E-state index contributed by atoms with van der Waals surface area (Å²) < 4.78 is 13.0. The van der Waals surface area contributed by atoms with Gasteiger partial charge in [-0.05, 0) is 34.1 Å². The molecule has 0 aliphatic carbocycles. The molecule has 0 unspecified atom stereocenters. The molecule has 0 aliphatic heterocycles. The highest BCUT2D eigenvalue weighted by molar-refractivity contribution is 9.10. The van der Waals surface area contributed by atoms with Crippen LogP contribution in [0.15, 0.2) is 22.7 Å². The number of hydrogen-bond acceptors (Lipinski definition) is 3. The van der Waals surface area contributed by atoms with Crippen molar-refractivity contribution in [3.05, 3.63) is 34.1 Å². The Morgan fingerprint density at radius 1 is 1.32 bits per heavy atom. The molecule has 0 radical (unpaired) electrons. The Labute approximate surface area is 115 Å². The first-order valence-electron chi connectivity index (χ1n) is 5.01. The lowest BCUT2D eigenvalue weighted by Gasteiger charge is -2.12. The first-order chi connectivity index (χ1) is 8.81. The van der Waals surface area contributed by atoms with Gasteiger partial charge in [0.15, 0.2) is 0 Å². The number of carboxylic acid groups (broad SMARTS) is 2. The minimum Gasteiger partial charge on any atom is -0.481 e. The van der Waals surface area contributed by atoms with Gasteiger partial charge in [0.1, 0.15) is 11.9 Å². The molecule has 0 spiro atoms. The van der Waals surface area contributed by atoms with Crippen LogP contribution in [0, 0.1) is 5.82 Å². The molecule has 0 saturated carbocycles. The maximum Gasteiger partial charge on any atom is 0.326 e. The maximum atomic E-state index is 13.0. The fourth-order valence-electron chi connectivity index (χ4n) is 1.25. The summed E-state index contributed by atoms with van der Waals surface area (Å²) in [6.45, 7) is 0. The molecule has 0 heterocycles. The predicted octanol–water partition coefficient (Wildman–Crippen LogP) is 1.25. The number of nitrogens with one attached hydrogen (secondary N) is 1. The lowest BCUT2D eigenvalue weighted by atomic mass is 10.1. The van der Waals surface area contributed by atoms with E-state index in [2.05, 4.69) is 15.9 Å². The van der Waals surface area contributed by atoms with Gasteiger partial charge in [0, 0.05) is 5.56 Å². The third-order valence-electron chi connectivity index (χ3n) is 2.16. The molecular weight excluding hydrogens is 325 g/mol. The molecule has 0 saturated heterocycles. The summed E-state index contributed by atoms with van der Waals surface area (Å²) in [5.41, 5.74) is 0.0184. The minimum atomic E-state index is -1.55. The van der Waals surface area contributed by atoms with E-state index in [1.165, 1.54) is 6.07 Å². The molecule has 0 fully saturated rings. The highest BCUT2D eigenvalue weighted by Gasteiger charge is 2.23. The SMILES string of the molecule is O=C(O)C[C@H](NC(=O)c1ccc(F)c(Br)c1)C(=O)O. The topological polar surface area (TPSA) is 104 Å². The Morgan fingerprint density at radius 2 is 1.95 bits per heavy atom. The van der Waals surface area contributed by atoms with Crippen molar-refractivity contribution in [3.63, 3.8) is 0 Å². The highest BCUT2D eigenvalue weighted by Crippen LogP contribution is 2.16. The molecule has 1 aromatic rings. The summed E-state index contributed by atoms with van der Waals surface area (Å²) in [4.78, 5) is 32.9. The van der Waals surface area contributed by atoms with Crippen LogP contribution in [0.1, 0.15) is 16.8 Å². The Hall–Kier alpha value is -1.96. The van der Waals surface area contributed by atoms with Crippen molar-refractivity contribution in [2.75, 3.05) is 0 Å². The normalized spacial score (nSPS) is 11.7. The number of carboxylic acids is 2. The van der Waals surface area contributed by atoms with E-state index in [9.17, 15) is 18.8 Å². The highest BCUT2D eigenvalue weighted by atomic mass is 79.9. The van der Waals surface area contributed by atoms with Gasteiger partial charge in [0.2, 0.25) is 0 Å². The first-order valence-corrected chi connectivity index (χ1v) is 5.81. The number of halogens is 2. The summed E-state index contributed by atoms with van der Waals surface area (Å²) in [7, 11) is 0. The van der Waals surface area contributed by atoms with E-state index in [1.807, 2.05) is 5.32 Å². The van der Waals surface area contributed by atoms with Gasteiger partial charge >= 0.3 is 11.9 Å². The average molecular weight is 334 g/mol. The molecule has 19 heavy (non-hydrogen) atoms. The summed E-state index contributed by atoms with van der Waals surface area (Å²) in [6.07, 6.45) is -0.747. The van der Waals surface area contributed by atoms with Gasteiger partial charge in [-0.1, -0.05) is 0 Å². The number of benzene rings is 1. The summed E-state index contributed by atoms with van der Waals surface area (Å²) in [5.74, 6) is -4.18.